The van der Waals surface area contributed by atoms with Crippen LogP contribution in [0.4, 0.5) is 28.9 Å². The number of alkyl halides is 3. The number of likely N-dealkylation sites (tertiary alicyclic amines) is 1. The highest BCUT2D eigenvalue weighted by atomic mass is 35.5. The highest BCUT2D eigenvalue weighted by Crippen LogP contribution is 2.62. The fraction of sp³-hybridized carbons (Fsp3) is 0.364. The van der Waals surface area contributed by atoms with Crippen LogP contribution in [0.2, 0.25) is 10.0 Å². The van der Waals surface area contributed by atoms with E-state index in [4.69, 9.17) is 27.9 Å². The van der Waals surface area contributed by atoms with Crippen LogP contribution in [-0.4, -0.2) is 54.8 Å². The zero-order valence-electron chi connectivity index (χ0n) is 24.7. The standard InChI is InChI=1S/C33H27Cl2F4N3O5/c1-2-46-30(44)19-10-9-18(13-25(19)47-33(37,38)39)41-15-24-26(29(41)43)27(20-4-3-5-22(35)28(20)36)32(42(24)14-16-6-7-16)21-11-8-17(34)12-23(21)40-31(32)45/h3-5,8-13,16,24,26-27H,2,6-7,14-15H2,1H3,(H,40,45)/t24-,26+,27-,32+/m0/s1. The summed E-state index contributed by atoms with van der Waals surface area (Å²) in [4.78, 5) is 44.6. The molecule has 3 heterocycles. The van der Waals surface area contributed by atoms with Crippen LogP contribution in [0.15, 0.2) is 54.6 Å². The second-order valence-corrected chi connectivity index (χ2v) is 13.0. The van der Waals surface area contributed by atoms with Gasteiger partial charge in [-0.25, -0.2) is 9.18 Å². The Hall–Kier alpha value is -3.87. The molecule has 0 unspecified atom stereocenters. The second-order valence-electron chi connectivity index (χ2n) is 12.1. The Balaban J connectivity index is 1.39. The minimum atomic E-state index is -5.14. The molecule has 7 rings (SSSR count). The Morgan fingerprint density at radius 1 is 1.09 bits per heavy atom. The molecular formula is C33H27Cl2F4N3O5. The van der Waals surface area contributed by atoms with E-state index in [1.54, 1.807) is 24.3 Å². The van der Waals surface area contributed by atoms with Gasteiger partial charge in [0.1, 0.15) is 22.7 Å². The van der Waals surface area contributed by atoms with Gasteiger partial charge >= 0.3 is 12.3 Å². The van der Waals surface area contributed by atoms with E-state index in [1.165, 1.54) is 30.0 Å². The summed E-state index contributed by atoms with van der Waals surface area (Å²) in [7, 11) is 0. The van der Waals surface area contributed by atoms with Gasteiger partial charge in [0.25, 0.3) is 0 Å². The first-order valence-electron chi connectivity index (χ1n) is 15.1. The molecule has 0 radical (unpaired) electrons. The number of halogens is 6. The summed E-state index contributed by atoms with van der Waals surface area (Å²) < 4.78 is 65.5. The first kappa shape index (κ1) is 31.7. The van der Waals surface area contributed by atoms with Crippen molar-refractivity contribution in [1.29, 1.82) is 0 Å². The van der Waals surface area contributed by atoms with Crippen molar-refractivity contribution in [1.82, 2.24) is 4.90 Å². The van der Waals surface area contributed by atoms with Crippen molar-refractivity contribution in [3.05, 3.63) is 87.2 Å². The molecule has 3 aromatic rings. The van der Waals surface area contributed by atoms with Gasteiger partial charge in [-0.05, 0) is 61.6 Å². The fourth-order valence-corrected chi connectivity index (χ4v) is 7.87. The summed E-state index contributed by atoms with van der Waals surface area (Å²) in [6.45, 7) is 1.82. The molecule has 1 spiro atoms. The number of benzene rings is 3. The van der Waals surface area contributed by atoms with Gasteiger partial charge in [-0.15, -0.1) is 13.2 Å². The number of amides is 2. The maximum Gasteiger partial charge on any atom is 0.573 e. The van der Waals surface area contributed by atoms with Crippen molar-refractivity contribution in [2.75, 3.05) is 29.9 Å². The van der Waals surface area contributed by atoms with Crippen LogP contribution in [0.5, 0.6) is 5.75 Å². The molecular weight excluding hydrogens is 665 g/mol. The molecule has 4 aliphatic rings. The van der Waals surface area contributed by atoms with Gasteiger partial charge in [0.15, 0.2) is 0 Å². The molecule has 3 aliphatic heterocycles. The molecule has 1 N–H and O–H groups in total. The first-order chi connectivity index (χ1) is 22.3. The lowest BCUT2D eigenvalue weighted by Gasteiger charge is -2.41. The summed E-state index contributed by atoms with van der Waals surface area (Å²) in [5, 5.41) is 3.11. The number of rotatable bonds is 7. The SMILES string of the molecule is CCOC(=O)c1ccc(N2C[C@H]3[C@@H](C2=O)[C@H](c2cccc(Cl)c2F)[C@]2(C(=O)Nc4cc(Cl)ccc42)N3CC2CC2)cc1OC(F)(F)F. The minimum absolute atomic E-state index is 0.0307. The minimum Gasteiger partial charge on any atom is -0.462 e. The lowest BCUT2D eigenvalue weighted by atomic mass is 9.71. The van der Waals surface area contributed by atoms with E-state index in [0.717, 1.165) is 25.0 Å². The third-order valence-corrected chi connectivity index (χ3v) is 9.98. The quantitative estimate of drug-likeness (QED) is 0.214. The zero-order valence-corrected chi connectivity index (χ0v) is 26.3. The van der Waals surface area contributed by atoms with Crippen LogP contribution in [0, 0.1) is 17.7 Å². The van der Waals surface area contributed by atoms with Crippen LogP contribution in [0.1, 0.15) is 47.2 Å². The summed E-state index contributed by atoms with van der Waals surface area (Å²) in [5.74, 6) is -5.46. The lowest BCUT2D eigenvalue weighted by molar-refractivity contribution is -0.274. The molecule has 3 fully saturated rings. The fourth-order valence-electron chi connectivity index (χ4n) is 7.51. The van der Waals surface area contributed by atoms with E-state index < -0.39 is 64.7 Å². The molecule has 0 bridgehead atoms. The monoisotopic (exact) mass is 691 g/mol. The third-order valence-electron chi connectivity index (χ3n) is 9.45. The molecule has 2 saturated heterocycles. The van der Waals surface area contributed by atoms with Crippen molar-refractivity contribution < 1.29 is 41.4 Å². The van der Waals surface area contributed by atoms with Crippen LogP contribution < -0.4 is 15.0 Å². The number of fused-ring (bicyclic) bond motifs is 3. The van der Waals surface area contributed by atoms with E-state index in [1.807, 2.05) is 4.90 Å². The highest BCUT2D eigenvalue weighted by Gasteiger charge is 2.71. The highest BCUT2D eigenvalue weighted by molar-refractivity contribution is 6.31. The zero-order chi connectivity index (χ0) is 33.4. The van der Waals surface area contributed by atoms with Crippen molar-refractivity contribution in [2.24, 2.45) is 11.8 Å². The molecule has 47 heavy (non-hydrogen) atoms. The Kier molecular flexibility index (Phi) is 7.68. The Bertz CT molecular complexity index is 1820. The average molecular weight is 692 g/mol. The number of carbonyl (C=O) groups is 3. The molecule has 1 aliphatic carbocycles. The Morgan fingerprint density at radius 3 is 2.55 bits per heavy atom. The number of hydrogen-bond donors (Lipinski definition) is 1. The predicted molar refractivity (Wildman–Crippen MR) is 164 cm³/mol. The Morgan fingerprint density at radius 2 is 1.85 bits per heavy atom. The smallest absolute Gasteiger partial charge is 0.462 e. The van der Waals surface area contributed by atoms with Crippen LogP contribution in [0.25, 0.3) is 0 Å². The number of ether oxygens (including phenoxy) is 2. The van der Waals surface area contributed by atoms with Crippen molar-refractivity contribution in [3.8, 4) is 5.75 Å². The number of carbonyl (C=O) groups excluding carboxylic acids is 3. The predicted octanol–water partition coefficient (Wildman–Crippen LogP) is 6.90. The van der Waals surface area contributed by atoms with Gasteiger partial charge in [0.2, 0.25) is 11.8 Å². The average Bonchev–Trinajstić information content (AvgIpc) is 3.62. The maximum absolute atomic E-state index is 16.1. The van der Waals surface area contributed by atoms with E-state index in [9.17, 15) is 27.6 Å². The Labute approximate surface area is 276 Å². The van der Waals surface area contributed by atoms with E-state index in [0.29, 0.717) is 22.8 Å². The van der Waals surface area contributed by atoms with Crippen LogP contribution >= 0.6 is 23.2 Å². The van der Waals surface area contributed by atoms with Crippen molar-refractivity contribution in [3.63, 3.8) is 0 Å². The van der Waals surface area contributed by atoms with Gasteiger partial charge < -0.3 is 19.7 Å². The van der Waals surface area contributed by atoms with E-state index in [2.05, 4.69) is 10.1 Å². The normalized spacial score (nSPS) is 25.3. The van der Waals surface area contributed by atoms with Crippen LogP contribution in [-0.2, 0) is 19.9 Å². The first-order valence-corrected chi connectivity index (χ1v) is 15.8. The molecule has 0 aromatic heterocycles. The number of anilines is 2. The van der Waals surface area contributed by atoms with Crippen molar-refractivity contribution in [2.45, 2.75) is 43.6 Å². The largest absolute Gasteiger partial charge is 0.573 e. The van der Waals surface area contributed by atoms with Gasteiger partial charge in [0.05, 0.1) is 17.5 Å². The molecule has 14 heteroatoms. The van der Waals surface area contributed by atoms with Gasteiger partial charge in [-0.1, -0.05) is 41.4 Å². The summed E-state index contributed by atoms with van der Waals surface area (Å²) in [6.07, 6.45) is -3.33. The summed E-state index contributed by atoms with van der Waals surface area (Å²) in [5.41, 5.74) is -0.883. The van der Waals surface area contributed by atoms with E-state index in [-0.39, 0.29) is 35.3 Å². The molecule has 246 valence electrons. The number of hydrogen-bond acceptors (Lipinski definition) is 6. The van der Waals surface area contributed by atoms with Crippen molar-refractivity contribution >= 4 is 52.4 Å². The number of nitrogens with one attached hydrogen (secondary N) is 1. The lowest BCUT2D eigenvalue weighted by Crippen LogP contribution is -2.54. The molecule has 3 aromatic carbocycles. The van der Waals surface area contributed by atoms with Crippen LogP contribution in [0.3, 0.4) is 0 Å². The molecule has 2 amide bonds. The number of nitrogens with zero attached hydrogens (tertiary/aromatic N) is 2. The second kappa shape index (κ2) is 11.4. The maximum atomic E-state index is 16.1. The molecule has 1 saturated carbocycles. The van der Waals surface area contributed by atoms with Gasteiger partial charge in [0, 0.05) is 53.1 Å². The number of esters is 1. The summed E-state index contributed by atoms with van der Waals surface area (Å²) in [6, 6.07) is 12.1. The summed E-state index contributed by atoms with van der Waals surface area (Å²) >= 11 is 12.6. The molecule has 4 atom stereocenters. The third kappa shape index (κ3) is 5.12. The van der Waals surface area contributed by atoms with Gasteiger partial charge in [-0.3, -0.25) is 14.5 Å². The molecule has 8 nitrogen and oxygen atoms in total. The van der Waals surface area contributed by atoms with Gasteiger partial charge in [-0.2, -0.15) is 0 Å². The topological polar surface area (TPSA) is 88.2 Å². The van der Waals surface area contributed by atoms with E-state index >= 15 is 4.39 Å².